The summed E-state index contributed by atoms with van der Waals surface area (Å²) in [4.78, 5) is 22.7. The molecule has 2 aromatic rings. The third-order valence-corrected chi connectivity index (χ3v) is 4.95. The molecule has 1 aliphatic rings. The predicted octanol–water partition coefficient (Wildman–Crippen LogP) is 4.36. The molecule has 1 saturated heterocycles. The zero-order chi connectivity index (χ0) is 18.0. The predicted molar refractivity (Wildman–Crippen MR) is 105 cm³/mol. The zero-order valence-electron chi connectivity index (χ0n) is 12.6. The maximum Gasteiger partial charge on any atom is 0.326 e. The van der Waals surface area contributed by atoms with Crippen molar-refractivity contribution in [1.82, 2.24) is 10.6 Å². The van der Waals surface area contributed by atoms with Crippen LogP contribution in [0.15, 0.2) is 42.1 Å². The second kappa shape index (κ2) is 7.63. The second-order valence-electron chi connectivity index (χ2n) is 5.19. The molecule has 2 N–H and O–H groups in total. The molecule has 0 atom stereocenters. The third-order valence-electron chi connectivity index (χ3n) is 3.37. The maximum atomic E-state index is 11.5. The standard InChI is InChI=1S/C17H11Cl2IN2O3/c18-11-3-1-10(5-12(11)19)8-25-15-4-2-9(6-13(15)20)7-14-16(23)22-17(24)21-14/h1-7H,8H2,(H2,21,22,23,24)/b14-7+. The van der Waals surface area contributed by atoms with E-state index in [4.69, 9.17) is 27.9 Å². The van der Waals surface area contributed by atoms with E-state index in [-0.39, 0.29) is 5.70 Å². The van der Waals surface area contributed by atoms with Crippen LogP contribution in [-0.2, 0) is 11.4 Å². The lowest BCUT2D eigenvalue weighted by atomic mass is 10.2. The lowest BCUT2D eigenvalue weighted by Crippen LogP contribution is -2.22. The minimum atomic E-state index is -0.521. The molecule has 1 heterocycles. The molecular formula is C17H11Cl2IN2O3. The molecule has 1 fully saturated rings. The van der Waals surface area contributed by atoms with Crippen LogP contribution in [0.5, 0.6) is 5.75 Å². The molecule has 0 aromatic heterocycles. The fourth-order valence-electron chi connectivity index (χ4n) is 2.16. The number of benzene rings is 2. The first-order valence-electron chi connectivity index (χ1n) is 7.12. The summed E-state index contributed by atoms with van der Waals surface area (Å²) in [6.45, 7) is 0.353. The Balaban J connectivity index is 1.71. The molecule has 0 aliphatic carbocycles. The molecule has 128 valence electrons. The summed E-state index contributed by atoms with van der Waals surface area (Å²) in [5.74, 6) is 0.258. The van der Waals surface area contributed by atoms with Crippen LogP contribution in [0.25, 0.3) is 6.08 Å². The van der Waals surface area contributed by atoms with E-state index in [0.717, 1.165) is 14.7 Å². The van der Waals surface area contributed by atoms with Crippen molar-refractivity contribution in [2.75, 3.05) is 0 Å². The average molecular weight is 489 g/mol. The molecule has 2 aromatic carbocycles. The number of carbonyl (C=O) groups is 2. The number of imide groups is 1. The zero-order valence-corrected chi connectivity index (χ0v) is 16.3. The monoisotopic (exact) mass is 488 g/mol. The van der Waals surface area contributed by atoms with Gasteiger partial charge in [-0.3, -0.25) is 10.1 Å². The van der Waals surface area contributed by atoms with Gasteiger partial charge in [0.1, 0.15) is 18.1 Å². The van der Waals surface area contributed by atoms with Gasteiger partial charge in [-0.25, -0.2) is 4.79 Å². The molecule has 0 bridgehead atoms. The molecule has 8 heteroatoms. The fraction of sp³-hybridized carbons (Fsp3) is 0.0588. The molecule has 3 amide bonds. The Morgan fingerprint density at radius 3 is 2.48 bits per heavy atom. The average Bonchev–Trinajstić information content (AvgIpc) is 2.87. The van der Waals surface area contributed by atoms with Gasteiger partial charge in [0.25, 0.3) is 5.91 Å². The molecule has 0 saturated carbocycles. The van der Waals surface area contributed by atoms with Crippen molar-refractivity contribution in [3.05, 3.63) is 66.8 Å². The quantitative estimate of drug-likeness (QED) is 0.382. The van der Waals surface area contributed by atoms with Gasteiger partial charge in [0.05, 0.1) is 13.6 Å². The van der Waals surface area contributed by atoms with Crippen LogP contribution in [-0.4, -0.2) is 11.9 Å². The summed E-state index contributed by atoms with van der Waals surface area (Å²) < 4.78 is 6.67. The Morgan fingerprint density at radius 1 is 1.04 bits per heavy atom. The van der Waals surface area contributed by atoms with E-state index < -0.39 is 11.9 Å². The van der Waals surface area contributed by atoms with E-state index in [1.54, 1.807) is 30.3 Å². The first-order valence-corrected chi connectivity index (χ1v) is 8.96. The van der Waals surface area contributed by atoms with Gasteiger partial charge in [-0.05, 0) is 64.1 Å². The Hall–Kier alpha value is -1.77. The van der Waals surface area contributed by atoms with Gasteiger partial charge in [0.2, 0.25) is 0 Å². The topological polar surface area (TPSA) is 67.4 Å². The molecular weight excluding hydrogens is 478 g/mol. The van der Waals surface area contributed by atoms with Crippen molar-refractivity contribution in [3.8, 4) is 5.75 Å². The van der Waals surface area contributed by atoms with E-state index >= 15 is 0 Å². The second-order valence-corrected chi connectivity index (χ2v) is 7.17. The van der Waals surface area contributed by atoms with Crippen molar-refractivity contribution in [2.45, 2.75) is 6.61 Å². The lowest BCUT2D eigenvalue weighted by Gasteiger charge is -2.10. The van der Waals surface area contributed by atoms with E-state index in [1.807, 2.05) is 12.1 Å². The van der Waals surface area contributed by atoms with Crippen LogP contribution in [0.3, 0.4) is 0 Å². The summed E-state index contributed by atoms with van der Waals surface area (Å²) in [5.41, 5.74) is 1.89. The van der Waals surface area contributed by atoms with Crippen LogP contribution in [0.2, 0.25) is 10.0 Å². The van der Waals surface area contributed by atoms with Crippen molar-refractivity contribution < 1.29 is 14.3 Å². The van der Waals surface area contributed by atoms with Crippen molar-refractivity contribution >= 4 is 63.8 Å². The number of amides is 3. The molecule has 0 radical (unpaired) electrons. The molecule has 0 unspecified atom stereocenters. The number of ether oxygens (including phenoxy) is 1. The van der Waals surface area contributed by atoms with Crippen LogP contribution in [0.4, 0.5) is 4.79 Å². The Labute approximate surface area is 167 Å². The van der Waals surface area contributed by atoms with Crippen LogP contribution in [0.1, 0.15) is 11.1 Å². The summed E-state index contributed by atoms with van der Waals surface area (Å²) in [6.07, 6.45) is 1.60. The maximum absolute atomic E-state index is 11.5. The Kier molecular flexibility index (Phi) is 5.51. The van der Waals surface area contributed by atoms with E-state index in [9.17, 15) is 9.59 Å². The van der Waals surface area contributed by atoms with E-state index in [0.29, 0.717) is 22.4 Å². The van der Waals surface area contributed by atoms with Crippen molar-refractivity contribution in [3.63, 3.8) is 0 Å². The van der Waals surface area contributed by atoms with Gasteiger partial charge in [-0.1, -0.05) is 35.3 Å². The summed E-state index contributed by atoms with van der Waals surface area (Å²) in [7, 11) is 0. The molecule has 1 aliphatic heterocycles. The largest absolute Gasteiger partial charge is 0.488 e. The number of halogens is 3. The number of hydrogen-bond acceptors (Lipinski definition) is 3. The first kappa shape index (κ1) is 18.0. The first-order chi connectivity index (χ1) is 11.9. The summed E-state index contributed by atoms with van der Waals surface area (Å²) in [6, 6.07) is 10.3. The summed E-state index contributed by atoms with van der Waals surface area (Å²) in [5, 5.41) is 5.59. The number of urea groups is 1. The van der Waals surface area contributed by atoms with Crippen molar-refractivity contribution in [1.29, 1.82) is 0 Å². The van der Waals surface area contributed by atoms with Gasteiger partial charge in [-0.2, -0.15) is 0 Å². The van der Waals surface area contributed by atoms with Crippen molar-refractivity contribution in [2.24, 2.45) is 0 Å². The van der Waals surface area contributed by atoms with Gasteiger partial charge in [-0.15, -0.1) is 0 Å². The number of carbonyl (C=O) groups excluding carboxylic acids is 2. The normalized spacial score (nSPS) is 15.2. The van der Waals surface area contributed by atoms with Crippen LogP contribution in [0, 0.1) is 3.57 Å². The number of hydrogen-bond donors (Lipinski definition) is 2. The fourth-order valence-corrected chi connectivity index (χ4v) is 3.18. The lowest BCUT2D eigenvalue weighted by molar-refractivity contribution is -0.115. The SMILES string of the molecule is O=C1NC(=O)/C(=C\c2ccc(OCc3ccc(Cl)c(Cl)c3)c(I)c2)N1. The molecule has 0 spiro atoms. The number of nitrogens with one attached hydrogen (secondary N) is 2. The minimum absolute atomic E-state index is 0.213. The van der Waals surface area contributed by atoms with E-state index in [1.165, 1.54) is 0 Å². The van der Waals surface area contributed by atoms with Gasteiger partial charge < -0.3 is 10.1 Å². The van der Waals surface area contributed by atoms with E-state index in [2.05, 4.69) is 33.2 Å². The Morgan fingerprint density at radius 2 is 1.84 bits per heavy atom. The van der Waals surface area contributed by atoms with Gasteiger partial charge in [0.15, 0.2) is 0 Å². The van der Waals surface area contributed by atoms with Crippen LogP contribution < -0.4 is 15.4 Å². The summed E-state index contributed by atoms with van der Waals surface area (Å²) >= 11 is 14.0. The smallest absolute Gasteiger partial charge is 0.326 e. The highest BCUT2D eigenvalue weighted by molar-refractivity contribution is 14.1. The highest BCUT2D eigenvalue weighted by Crippen LogP contribution is 2.26. The van der Waals surface area contributed by atoms with Gasteiger partial charge in [0, 0.05) is 0 Å². The molecule has 5 nitrogen and oxygen atoms in total. The third kappa shape index (κ3) is 4.45. The minimum Gasteiger partial charge on any atom is -0.488 e. The number of rotatable bonds is 4. The molecule has 25 heavy (non-hydrogen) atoms. The highest BCUT2D eigenvalue weighted by atomic mass is 127. The molecule has 3 rings (SSSR count). The van der Waals surface area contributed by atoms with Gasteiger partial charge >= 0.3 is 6.03 Å². The van der Waals surface area contributed by atoms with Crippen LogP contribution >= 0.6 is 45.8 Å². The highest BCUT2D eigenvalue weighted by Gasteiger charge is 2.22. The Bertz CT molecular complexity index is 899.